The molecular formula is C13H18OSe. The second-order valence-electron chi connectivity index (χ2n) is 4.20. The van der Waals surface area contributed by atoms with Crippen molar-refractivity contribution in [1.82, 2.24) is 0 Å². The summed E-state index contributed by atoms with van der Waals surface area (Å²) in [6, 6.07) is 10.8. The van der Waals surface area contributed by atoms with Crippen LogP contribution in [-0.4, -0.2) is 27.7 Å². The molecule has 0 N–H and O–H groups in total. The van der Waals surface area contributed by atoms with Crippen molar-refractivity contribution in [3.63, 3.8) is 0 Å². The third-order valence-corrected chi connectivity index (χ3v) is 5.87. The summed E-state index contributed by atoms with van der Waals surface area (Å²) in [6.07, 6.45) is 5.22. The van der Waals surface area contributed by atoms with Crippen LogP contribution in [0.3, 0.4) is 0 Å². The second-order valence-corrected chi connectivity index (χ2v) is 6.40. The summed E-state index contributed by atoms with van der Waals surface area (Å²) in [5, 5.41) is 1.24. The Kier molecular flexibility index (Phi) is 3.85. The van der Waals surface area contributed by atoms with E-state index in [1.165, 1.54) is 35.5 Å². The minimum atomic E-state index is 0.218. The molecule has 0 aromatic heterocycles. The van der Waals surface area contributed by atoms with E-state index in [1.54, 1.807) is 0 Å². The van der Waals surface area contributed by atoms with E-state index in [0.717, 1.165) is 0 Å². The van der Waals surface area contributed by atoms with Gasteiger partial charge in [-0.15, -0.1) is 0 Å². The Bertz CT molecular complexity index is 291. The van der Waals surface area contributed by atoms with Gasteiger partial charge in [0.25, 0.3) is 0 Å². The quantitative estimate of drug-likeness (QED) is 0.763. The molecule has 0 atom stereocenters. The summed E-state index contributed by atoms with van der Waals surface area (Å²) in [5.41, 5.74) is 0.218. The van der Waals surface area contributed by atoms with Crippen LogP contribution in [0.2, 0.25) is 5.32 Å². The molecule has 0 saturated heterocycles. The maximum absolute atomic E-state index is 5.74. The predicted molar refractivity (Wildman–Crippen MR) is 64.8 cm³/mol. The molecule has 0 bridgehead atoms. The monoisotopic (exact) mass is 270 g/mol. The fraction of sp³-hybridized carbons (Fsp3) is 0.538. The van der Waals surface area contributed by atoms with Crippen LogP contribution in [0.5, 0.6) is 0 Å². The fourth-order valence-electron chi connectivity index (χ4n) is 2.16. The topological polar surface area (TPSA) is 9.23 Å². The molecule has 1 aromatic rings. The molecule has 1 aliphatic rings. The summed E-state index contributed by atoms with van der Waals surface area (Å²) < 4.78 is 7.23. The first-order valence-corrected chi connectivity index (χ1v) is 7.64. The van der Waals surface area contributed by atoms with Crippen molar-refractivity contribution in [2.75, 3.05) is 7.11 Å². The van der Waals surface area contributed by atoms with Crippen molar-refractivity contribution in [3.05, 3.63) is 30.3 Å². The van der Waals surface area contributed by atoms with Gasteiger partial charge in [-0.2, -0.15) is 0 Å². The van der Waals surface area contributed by atoms with Crippen LogP contribution in [0.4, 0.5) is 0 Å². The summed E-state index contributed by atoms with van der Waals surface area (Å²) in [5.74, 6) is 0. The Morgan fingerprint density at radius 3 is 2.47 bits per heavy atom. The van der Waals surface area contributed by atoms with Crippen LogP contribution < -0.4 is 4.46 Å². The standard InChI is InChI=1S/C13H18OSe/c1-14-13(9-5-6-10-13)11-15-12-7-3-2-4-8-12/h2-4,7-8H,5-6,9-11H2,1H3. The molecule has 0 spiro atoms. The molecule has 1 aromatic carbocycles. The molecule has 15 heavy (non-hydrogen) atoms. The van der Waals surface area contributed by atoms with E-state index < -0.39 is 0 Å². The molecule has 0 aliphatic heterocycles. The van der Waals surface area contributed by atoms with E-state index in [0.29, 0.717) is 15.0 Å². The van der Waals surface area contributed by atoms with Crippen molar-refractivity contribution >= 4 is 19.4 Å². The molecule has 1 saturated carbocycles. The molecule has 2 heteroatoms. The Morgan fingerprint density at radius 1 is 1.20 bits per heavy atom. The molecule has 1 fully saturated rings. The summed E-state index contributed by atoms with van der Waals surface area (Å²) in [6.45, 7) is 0. The first-order chi connectivity index (χ1) is 7.35. The van der Waals surface area contributed by atoms with Crippen molar-refractivity contribution in [2.24, 2.45) is 0 Å². The van der Waals surface area contributed by atoms with Gasteiger partial charge in [0.15, 0.2) is 0 Å². The zero-order valence-electron chi connectivity index (χ0n) is 9.24. The van der Waals surface area contributed by atoms with E-state index in [-0.39, 0.29) is 5.60 Å². The van der Waals surface area contributed by atoms with Gasteiger partial charge in [-0.25, -0.2) is 0 Å². The number of hydrogen-bond donors (Lipinski definition) is 0. The maximum atomic E-state index is 5.74. The molecule has 0 amide bonds. The zero-order chi connectivity index (χ0) is 10.6. The van der Waals surface area contributed by atoms with Gasteiger partial charge in [0.2, 0.25) is 0 Å². The van der Waals surface area contributed by atoms with Gasteiger partial charge >= 0.3 is 98.2 Å². The molecule has 0 radical (unpaired) electrons. The van der Waals surface area contributed by atoms with Crippen LogP contribution in [0.25, 0.3) is 0 Å². The molecular weight excluding hydrogens is 251 g/mol. The van der Waals surface area contributed by atoms with E-state index >= 15 is 0 Å². The normalized spacial score (nSPS) is 19.3. The molecule has 1 aliphatic carbocycles. The van der Waals surface area contributed by atoms with E-state index in [2.05, 4.69) is 30.3 Å². The summed E-state index contributed by atoms with van der Waals surface area (Å²) in [4.78, 5) is 0. The van der Waals surface area contributed by atoms with Gasteiger partial charge in [0, 0.05) is 0 Å². The Balaban J connectivity index is 1.92. The van der Waals surface area contributed by atoms with Crippen LogP contribution in [0, 0.1) is 0 Å². The third-order valence-electron chi connectivity index (χ3n) is 3.19. The molecule has 2 rings (SSSR count). The number of hydrogen-bond acceptors (Lipinski definition) is 1. The first kappa shape index (κ1) is 11.2. The van der Waals surface area contributed by atoms with Crippen molar-refractivity contribution < 1.29 is 4.74 Å². The molecule has 0 heterocycles. The van der Waals surface area contributed by atoms with Crippen molar-refractivity contribution in [1.29, 1.82) is 0 Å². The van der Waals surface area contributed by atoms with Crippen LogP contribution >= 0.6 is 0 Å². The van der Waals surface area contributed by atoms with E-state index in [1.807, 2.05) is 7.11 Å². The first-order valence-electron chi connectivity index (χ1n) is 5.58. The van der Waals surface area contributed by atoms with Gasteiger partial charge < -0.3 is 0 Å². The number of methoxy groups -OCH3 is 1. The van der Waals surface area contributed by atoms with Crippen LogP contribution in [0.1, 0.15) is 25.7 Å². The summed E-state index contributed by atoms with van der Waals surface area (Å²) >= 11 is 0.571. The Morgan fingerprint density at radius 2 is 1.87 bits per heavy atom. The number of benzene rings is 1. The van der Waals surface area contributed by atoms with Gasteiger partial charge in [-0.1, -0.05) is 0 Å². The number of ether oxygens (including phenoxy) is 1. The predicted octanol–water partition coefficient (Wildman–Crippen LogP) is 2.39. The zero-order valence-corrected chi connectivity index (χ0v) is 11.0. The second kappa shape index (κ2) is 5.16. The van der Waals surface area contributed by atoms with Gasteiger partial charge in [-0.3, -0.25) is 0 Å². The SMILES string of the molecule is COC1(C[Se]c2ccccc2)CCCC1. The Labute approximate surface area is 98.4 Å². The molecule has 1 nitrogen and oxygen atoms in total. The van der Waals surface area contributed by atoms with Gasteiger partial charge in [0.05, 0.1) is 0 Å². The minimum absolute atomic E-state index is 0.218. The molecule has 0 unspecified atom stereocenters. The van der Waals surface area contributed by atoms with Gasteiger partial charge in [0.1, 0.15) is 0 Å². The fourth-order valence-corrected chi connectivity index (χ4v) is 4.65. The number of rotatable bonds is 4. The van der Waals surface area contributed by atoms with Crippen LogP contribution in [0.15, 0.2) is 30.3 Å². The summed E-state index contributed by atoms with van der Waals surface area (Å²) in [7, 11) is 1.88. The van der Waals surface area contributed by atoms with Crippen molar-refractivity contribution in [3.8, 4) is 0 Å². The van der Waals surface area contributed by atoms with Crippen LogP contribution in [-0.2, 0) is 4.74 Å². The van der Waals surface area contributed by atoms with Crippen molar-refractivity contribution in [2.45, 2.75) is 36.6 Å². The van der Waals surface area contributed by atoms with E-state index in [9.17, 15) is 0 Å². The average Bonchev–Trinajstić information content (AvgIpc) is 2.77. The molecule has 82 valence electrons. The Hall–Kier alpha value is -0.301. The average molecular weight is 269 g/mol. The van der Waals surface area contributed by atoms with E-state index in [4.69, 9.17) is 4.74 Å². The van der Waals surface area contributed by atoms with Gasteiger partial charge in [-0.05, 0) is 0 Å². The third kappa shape index (κ3) is 2.84.